The number of nitrogens with one attached hydrogen (secondary N) is 1. The Morgan fingerprint density at radius 2 is 1.93 bits per heavy atom. The van der Waals surface area contributed by atoms with Gasteiger partial charge in [-0.05, 0) is 30.0 Å². The largest absolute Gasteiger partial charge is 0.495 e. The standard InChI is InChI=1S/C22H26BNO6/c1-4-28-20-17(11-10-16-13-30-23(27)18(16)20)21(25)24-19(14(2)3)22(26)29-12-15-8-6-5-7-9-15/h5-11,14,19,27H,4,12-13H2,1-3H3,(H,24,25). The first-order valence-electron chi connectivity index (χ1n) is 10.0. The summed E-state index contributed by atoms with van der Waals surface area (Å²) in [5.74, 6) is -0.894. The van der Waals surface area contributed by atoms with Crippen LogP contribution in [-0.2, 0) is 27.4 Å². The van der Waals surface area contributed by atoms with Crippen LogP contribution in [0.5, 0.6) is 5.75 Å². The molecule has 0 saturated heterocycles. The third kappa shape index (κ3) is 4.83. The van der Waals surface area contributed by atoms with E-state index in [1.54, 1.807) is 19.1 Å². The van der Waals surface area contributed by atoms with Gasteiger partial charge in [-0.3, -0.25) is 4.79 Å². The molecule has 1 atom stereocenters. The van der Waals surface area contributed by atoms with Gasteiger partial charge in [-0.2, -0.15) is 0 Å². The van der Waals surface area contributed by atoms with Gasteiger partial charge in [0.15, 0.2) is 0 Å². The number of carbonyl (C=O) groups is 2. The van der Waals surface area contributed by atoms with Gasteiger partial charge >= 0.3 is 13.1 Å². The molecule has 158 valence electrons. The summed E-state index contributed by atoms with van der Waals surface area (Å²) in [6.45, 7) is 6.15. The second-order valence-corrected chi connectivity index (χ2v) is 7.40. The Labute approximate surface area is 176 Å². The van der Waals surface area contributed by atoms with Crippen molar-refractivity contribution >= 4 is 24.5 Å². The van der Waals surface area contributed by atoms with Crippen LogP contribution in [0, 0.1) is 5.92 Å². The molecular weight excluding hydrogens is 385 g/mol. The van der Waals surface area contributed by atoms with Crippen LogP contribution in [0.15, 0.2) is 42.5 Å². The van der Waals surface area contributed by atoms with E-state index in [4.69, 9.17) is 14.1 Å². The smallest absolute Gasteiger partial charge is 0.493 e. The summed E-state index contributed by atoms with van der Waals surface area (Å²) in [5, 5.41) is 12.9. The van der Waals surface area contributed by atoms with Gasteiger partial charge in [0.2, 0.25) is 0 Å². The monoisotopic (exact) mass is 411 g/mol. The first-order valence-corrected chi connectivity index (χ1v) is 10.0. The van der Waals surface area contributed by atoms with E-state index in [9.17, 15) is 14.6 Å². The zero-order valence-electron chi connectivity index (χ0n) is 17.4. The van der Waals surface area contributed by atoms with E-state index >= 15 is 0 Å². The molecule has 0 saturated carbocycles. The maximum Gasteiger partial charge on any atom is 0.495 e. The highest BCUT2D eigenvalue weighted by Crippen LogP contribution is 2.24. The maximum atomic E-state index is 13.0. The SMILES string of the molecule is CCOc1c(C(=O)NC(C(=O)OCc2ccccc2)C(C)C)ccc2c1B(O)OC2. The Kier molecular flexibility index (Phi) is 7.13. The van der Waals surface area contributed by atoms with Gasteiger partial charge < -0.3 is 24.5 Å². The molecule has 8 heteroatoms. The molecule has 0 aliphatic carbocycles. The first kappa shape index (κ1) is 21.9. The van der Waals surface area contributed by atoms with E-state index in [-0.39, 0.29) is 30.4 Å². The fourth-order valence-corrected chi connectivity index (χ4v) is 3.30. The molecule has 0 spiro atoms. The molecule has 0 aromatic heterocycles. The number of amides is 1. The van der Waals surface area contributed by atoms with Crippen molar-refractivity contribution < 1.29 is 28.7 Å². The summed E-state index contributed by atoms with van der Waals surface area (Å²) in [6.07, 6.45) is 0. The molecule has 1 aliphatic heterocycles. The van der Waals surface area contributed by atoms with Gasteiger partial charge in [0.1, 0.15) is 18.4 Å². The first-order chi connectivity index (χ1) is 14.4. The fraction of sp³-hybridized carbons (Fsp3) is 0.364. The Hall–Kier alpha value is -2.84. The van der Waals surface area contributed by atoms with Gasteiger partial charge in [-0.15, -0.1) is 0 Å². The number of ether oxygens (including phenoxy) is 2. The van der Waals surface area contributed by atoms with Crippen molar-refractivity contribution in [1.29, 1.82) is 0 Å². The third-order valence-electron chi connectivity index (χ3n) is 4.89. The van der Waals surface area contributed by atoms with Gasteiger partial charge in [-0.1, -0.05) is 50.2 Å². The number of fused-ring (bicyclic) bond motifs is 1. The van der Waals surface area contributed by atoms with Crippen LogP contribution in [0.2, 0.25) is 0 Å². The average molecular weight is 411 g/mol. The van der Waals surface area contributed by atoms with Crippen LogP contribution in [0.25, 0.3) is 0 Å². The Morgan fingerprint density at radius 1 is 1.20 bits per heavy atom. The minimum absolute atomic E-state index is 0.130. The highest BCUT2D eigenvalue weighted by atomic mass is 16.5. The Balaban J connectivity index is 1.77. The summed E-state index contributed by atoms with van der Waals surface area (Å²) in [7, 11) is -1.15. The zero-order chi connectivity index (χ0) is 21.7. The molecule has 7 nitrogen and oxygen atoms in total. The molecule has 2 N–H and O–H groups in total. The van der Waals surface area contributed by atoms with Crippen LogP contribution in [0.3, 0.4) is 0 Å². The number of carbonyl (C=O) groups excluding carboxylic acids is 2. The Bertz CT molecular complexity index is 902. The van der Waals surface area contributed by atoms with Crippen molar-refractivity contribution in [2.45, 2.75) is 40.0 Å². The Morgan fingerprint density at radius 3 is 2.60 bits per heavy atom. The normalized spacial score (nSPS) is 13.7. The second kappa shape index (κ2) is 9.78. The molecule has 30 heavy (non-hydrogen) atoms. The summed E-state index contributed by atoms with van der Waals surface area (Å²) in [4.78, 5) is 25.7. The second-order valence-electron chi connectivity index (χ2n) is 7.40. The average Bonchev–Trinajstić information content (AvgIpc) is 3.12. The lowest BCUT2D eigenvalue weighted by molar-refractivity contribution is -0.148. The van der Waals surface area contributed by atoms with E-state index in [0.717, 1.165) is 11.1 Å². The minimum atomic E-state index is -1.15. The topological polar surface area (TPSA) is 94.1 Å². The van der Waals surface area contributed by atoms with Crippen molar-refractivity contribution in [3.8, 4) is 5.75 Å². The van der Waals surface area contributed by atoms with Crippen LogP contribution < -0.4 is 15.5 Å². The molecule has 2 aromatic rings. The molecule has 0 radical (unpaired) electrons. The summed E-state index contributed by atoms with van der Waals surface area (Å²) in [5.41, 5.74) is 2.33. The molecule has 1 heterocycles. The highest BCUT2D eigenvalue weighted by Gasteiger charge is 2.35. The summed E-state index contributed by atoms with van der Waals surface area (Å²) < 4.78 is 16.3. The van der Waals surface area contributed by atoms with Crippen LogP contribution in [0.1, 0.15) is 42.3 Å². The summed E-state index contributed by atoms with van der Waals surface area (Å²) >= 11 is 0. The summed E-state index contributed by atoms with van der Waals surface area (Å²) in [6, 6.07) is 11.9. The number of hydrogen-bond acceptors (Lipinski definition) is 6. The molecule has 0 fully saturated rings. The van der Waals surface area contributed by atoms with E-state index in [2.05, 4.69) is 5.32 Å². The lowest BCUT2D eigenvalue weighted by Gasteiger charge is -2.22. The van der Waals surface area contributed by atoms with Gasteiger partial charge in [0.25, 0.3) is 5.91 Å². The van der Waals surface area contributed by atoms with Crippen LogP contribution in [0.4, 0.5) is 0 Å². The van der Waals surface area contributed by atoms with Crippen molar-refractivity contribution in [2.75, 3.05) is 6.61 Å². The van der Waals surface area contributed by atoms with E-state index in [0.29, 0.717) is 12.1 Å². The lowest BCUT2D eigenvalue weighted by atomic mass is 9.77. The van der Waals surface area contributed by atoms with Crippen molar-refractivity contribution in [1.82, 2.24) is 5.32 Å². The third-order valence-corrected chi connectivity index (χ3v) is 4.89. The zero-order valence-corrected chi connectivity index (χ0v) is 17.4. The minimum Gasteiger partial charge on any atom is -0.493 e. The predicted octanol–water partition coefficient (Wildman–Crippen LogP) is 1.80. The van der Waals surface area contributed by atoms with Crippen molar-refractivity contribution in [3.63, 3.8) is 0 Å². The number of hydrogen-bond donors (Lipinski definition) is 2. The molecular formula is C22H26BNO6. The van der Waals surface area contributed by atoms with Crippen LogP contribution in [-0.4, -0.2) is 36.7 Å². The maximum absolute atomic E-state index is 13.0. The molecule has 1 aliphatic rings. The van der Waals surface area contributed by atoms with Gasteiger partial charge in [0, 0.05) is 5.46 Å². The lowest BCUT2D eigenvalue weighted by Crippen LogP contribution is -2.45. The predicted molar refractivity (Wildman–Crippen MR) is 112 cm³/mol. The number of esters is 1. The highest BCUT2D eigenvalue weighted by molar-refractivity contribution is 6.63. The van der Waals surface area contributed by atoms with Gasteiger partial charge in [-0.25, -0.2) is 4.79 Å². The molecule has 1 amide bonds. The van der Waals surface area contributed by atoms with Crippen molar-refractivity contribution in [2.24, 2.45) is 5.92 Å². The number of benzene rings is 2. The molecule has 2 aromatic carbocycles. The quantitative estimate of drug-likeness (QED) is 0.508. The number of rotatable bonds is 8. The fourth-order valence-electron chi connectivity index (χ4n) is 3.30. The molecule has 3 rings (SSSR count). The van der Waals surface area contributed by atoms with E-state index < -0.39 is 25.0 Å². The van der Waals surface area contributed by atoms with Crippen molar-refractivity contribution in [3.05, 3.63) is 59.2 Å². The van der Waals surface area contributed by atoms with Crippen LogP contribution >= 0.6 is 0 Å². The molecule has 1 unspecified atom stereocenters. The van der Waals surface area contributed by atoms with E-state index in [1.807, 2.05) is 44.2 Å². The van der Waals surface area contributed by atoms with E-state index in [1.165, 1.54) is 0 Å². The van der Waals surface area contributed by atoms with Gasteiger partial charge in [0.05, 0.1) is 18.8 Å². The molecule has 0 bridgehead atoms.